The molecule has 1 atom stereocenters. The van der Waals surface area contributed by atoms with E-state index >= 15 is 0 Å². The molecule has 3 amide bonds. The number of hydrogen-bond donors (Lipinski definition) is 2. The van der Waals surface area contributed by atoms with E-state index in [0.717, 1.165) is 30.6 Å². The number of amides is 3. The average molecular weight is 345 g/mol. The number of primary amides is 1. The molecular weight excluding hydrogens is 318 g/mol. The van der Waals surface area contributed by atoms with Gasteiger partial charge in [0, 0.05) is 30.8 Å². The zero-order valence-electron chi connectivity index (χ0n) is 14.9. The maximum absolute atomic E-state index is 12.1. The van der Waals surface area contributed by atoms with E-state index < -0.39 is 6.03 Å². The van der Waals surface area contributed by atoms with Crippen LogP contribution >= 0.6 is 0 Å². The van der Waals surface area contributed by atoms with E-state index in [0.29, 0.717) is 13.1 Å². The largest absolute Gasteiger partial charge is 0.490 e. The minimum Gasteiger partial charge on any atom is -0.490 e. The quantitative estimate of drug-likeness (QED) is 0.777. The highest BCUT2D eigenvalue weighted by atomic mass is 16.5. The van der Waals surface area contributed by atoms with Crippen LogP contribution in [0.5, 0.6) is 5.75 Å². The molecule has 1 aliphatic heterocycles. The first-order valence-electron chi connectivity index (χ1n) is 8.78. The Labute approximate surface area is 149 Å². The molecule has 1 fully saturated rings. The molecule has 25 heavy (non-hydrogen) atoms. The van der Waals surface area contributed by atoms with Crippen LogP contribution in [-0.2, 0) is 4.79 Å². The molecule has 0 radical (unpaired) electrons. The molecule has 0 aromatic heterocycles. The van der Waals surface area contributed by atoms with Crippen molar-refractivity contribution in [3.63, 3.8) is 0 Å². The van der Waals surface area contributed by atoms with Crippen molar-refractivity contribution >= 4 is 18.0 Å². The normalized spacial score (nSPS) is 16.6. The van der Waals surface area contributed by atoms with Gasteiger partial charge in [-0.2, -0.15) is 0 Å². The smallest absolute Gasteiger partial charge is 0.314 e. The lowest BCUT2D eigenvalue weighted by Gasteiger charge is -2.30. The number of para-hydroxylation sites is 1. The van der Waals surface area contributed by atoms with Gasteiger partial charge < -0.3 is 20.7 Å². The van der Waals surface area contributed by atoms with Gasteiger partial charge in [0.2, 0.25) is 5.91 Å². The van der Waals surface area contributed by atoms with E-state index in [1.807, 2.05) is 31.2 Å². The van der Waals surface area contributed by atoms with E-state index in [-0.39, 0.29) is 18.1 Å². The molecule has 1 saturated heterocycles. The minimum atomic E-state index is -0.400. The molecule has 0 saturated carbocycles. The van der Waals surface area contributed by atoms with Gasteiger partial charge in [0.05, 0.1) is 6.10 Å². The number of nitrogens with zero attached hydrogens (tertiary/aromatic N) is 1. The van der Waals surface area contributed by atoms with Crippen LogP contribution in [0.2, 0.25) is 0 Å². The number of urea groups is 1. The van der Waals surface area contributed by atoms with Gasteiger partial charge in [-0.1, -0.05) is 25.1 Å². The zero-order chi connectivity index (χ0) is 18.2. The number of rotatable bonds is 6. The van der Waals surface area contributed by atoms with Gasteiger partial charge in [-0.3, -0.25) is 4.79 Å². The minimum absolute atomic E-state index is 0.0688. The van der Waals surface area contributed by atoms with Crippen molar-refractivity contribution in [2.45, 2.75) is 45.3 Å². The molecule has 1 aromatic carbocycles. The van der Waals surface area contributed by atoms with E-state index in [2.05, 4.69) is 12.2 Å². The topological polar surface area (TPSA) is 84.7 Å². The summed E-state index contributed by atoms with van der Waals surface area (Å²) < 4.78 is 5.88. The summed E-state index contributed by atoms with van der Waals surface area (Å²) >= 11 is 0. The zero-order valence-corrected chi connectivity index (χ0v) is 14.9. The molecule has 0 bridgehead atoms. The Morgan fingerprint density at radius 1 is 1.36 bits per heavy atom. The number of likely N-dealkylation sites (tertiary alicyclic amines) is 1. The molecule has 136 valence electrons. The van der Waals surface area contributed by atoms with Crippen LogP contribution in [0.15, 0.2) is 30.3 Å². The third-order valence-electron chi connectivity index (χ3n) is 4.39. The molecule has 0 unspecified atom stereocenters. The number of hydrogen-bond acceptors (Lipinski definition) is 3. The Balaban J connectivity index is 1.89. The SMILES string of the molecule is CC[C@H](C)Oc1ccccc1/C=C/C(=O)NC1CCN(C(N)=O)CC1. The van der Waals surface area contributed by atoms with Gasteiger partial charge in [-0.05, 0) is 38.3 Å². The van der Waals surface area contributed by atoms with Crippen molar-refractivity contribution in [2.24, 2.45) is 5.73 Å². The fourth-order valence-electron chi connectivity index (χ4n) is 2.68. The van der Waals surface area contributed by atoms with Crippen LogP contribution in [-0.4, -0.2) is 42.1 Å². The van der Waals surface area contributed by atoms with Gasteiger partial charge in [-0.15, -0.1) is 0 Å². The Bertz CT molecular complexity index is 622. The lowest BCUT2D eigenvalue weighted by Crippen LogP contribution is -2.47. The highest BCUT2D eigenvalue weighted by molar-refractivity contribution is 5.92. The molecule has 1 heterocycles. The second-order valence-corrected chi connectivity index (χ2v) is 6.32. The highest BCUT2D eigenvalue weighted by Gasteiger charge is 2.21. The van der Waals surface area contributed by atoms with Crippen LogP contribution in [0.4, 0.5) is 4.79 Å². The van der Waals surface area contributed by atoms with Gasteiger partial charge in [0.1, 0.15) is 5.75 Å². The number of nitrogens with two attached hydrogens (primary N) is 1. The molecule has 0 spiro atoms. The number of ether oxygens (including phenoxy) is 1. The van der Waals surface area contributed by atoms with Crippen LogP contribution in [0, 0.1) is 0 Å². The number of benzene rings is 1. The predicted molar refractivity (Wildman–Crippen MR) is 98.2 cm³/mol. The number of carbonyl (C=O) groups is 2. The highest BCUT2D eigenvalue weighted by Crippen LogP contribution is 2.21. The fourth-order valence-corrected chi connectivity index (χ4v) is 2.68. The molecule has 0 aliphatic carbocycles. The van der Waals surface area contributed by atoms with E-state index in [9.17, 15) is 9.59 Å². The summed E-state index contributed by atoms with van der Waals surface area (Å²) in [6.45, 7) is 5.25. The van der Waals surface area contributed by atoms with Crippen LogP contribution in [0.3, 0.4) is 0 Å². The Kier molecular flexibility index (Phi) is 6.86. The molecular formula is C19H27N3O3. The second-order valence-electron chi connectivity index (χ2n) is 6.32. The van der Waals surface area contributed by atoms with Crippen LogP contribution in [0.1, 0.15) is 38.7 Å². The second kappa shape index (κ2) is 9.11. The molecule has 6 nitrogen and oxygen atoms in total. The maximum atomic E-state index is 12.1. The van der Waals surface area contributed by atoms with Gasteiger partial charge in [0.25, 0.3) is 0 Å². The fraction of sp³-hybridized carbons (Fsp3) is 0.474. The van der Waals surface area contributed by atoms with Crippen LogP contribution < -0.4 is 15.8 Å². The summed E-state index contributed by atoms with van der Waals surface area (Å²) in [5.41, 5.74) is 6.14. The summed E-state index contributed by atoms with van der Waals surface area (Å²) in [7, 11) is 0. The van der Waals surface area contributed by atoms with Gasteiger partial charge in [0.15, 0.2) is 0 Å². The average Bonchev–Trinajstić information content (AvgIpc) is 2.61. The Morgan fingerprint density at radius 2 is 2.04 bits per heavy atom. The van der Waals surface area contributed by atoms with E-state index in [1.54, 1.807) is 11.0 Å². The predicted octanol–water partition coefficient (Wildman–Crippen LogP) is 2.54. The molecule has 1 aliphatic rings. The number of carbonyl (C=O) groups excluding carboxylic acids is 2. The summed E-state index contributed by atoms with van der Waals surface area (Å²) in [4.78, 5) is 24.9. The standard InChI is InChI=1S/C19H27N3O3/c1-3-14(2)25-17-7-5-4-6-15(17)8-9-18(23)21-16-10-12-22(13-11-16)19(20)24/h4-9,14,16H,3,10-13H2,1-2H3,(H2,20,24)(H,21,23)/b9-8+/t14-/m0/s1. The van der Waals surface area contributed by atoms with Crippen molar-refractivity contribution in [3.05, 3.63) is 35.9 Å². The summed E-state index contributed by atoms with van der Waals surface area (Å²) in [5, 5.41) is 2.97. The molecule has 3 N–H and O–H groups in total. The first-order chi connectivity index (χ1) is 12.0. The van der Waals surface area contributed by atoms with E-state index in [4.69, 9.17) is 10.5 Å². The Hall–Kier alpha value is -2.50. The lowest BCUT2D eigenvalue weighted by molar-refractivity contribution is -0.117. The van der Waals surface area contributed by atoms with Gasteiger partial charge in [-0.25, -0.2) is 4.79 Å². The third-order valence-corrected chi connectivity index (χ3v) is 4.39. The molecule has 6 heteroatoms. The first-order valence-corrected chi connectivity index (χ1v) is 8.78. The van der Waals surface area contributed by atoms with Crippen molar-refractivity contribution in [1.82, 2.24) is 10.2 Å². The van der Waals surface area contributed by atoms with Crippen LogP contribution in [0.25, 0.3) is 6.08 Å². The summed E-state index contributed by atoms with van der Waals surface area (Å²) in [6, 6.07) is 7.33. The lowest BCUT2D eigenvalue weighted by atomic mass is 10.1. The maximum Gasteiger partial charge on any atom is 0.314 e. The van der Waals surface area contributed by atoms with Crippen molar-refractivity contribution in [3.8, 4) is 5.75 Å². The number of nitrogens with one attached hydrogen (secondary N) is 1. The van der Waals surface area contributed by atoms with Gasteiger partial charge >= 0.3 is 6.03 Å². The summed E-state index contributed by atoms with van der Waals surface area (Å²) in [5.74, 6) is 0.631. The van der Waals surface area contributed by atoms with Crippen molar-refractivity contribution < 1.29 is 14.3 Å². The molecule has 1 aromatic rings. The van der Waals surface area contributed by atoms with E-state index in [1.165, 1.54) is 6.08 Å². The monoisotopic (exact) mass is 345 g/mol. The van der Waals surface area contributed by atoms with Crippen molar-refractivity contribution in [1.29, 1.82) is 0 Å². The first kappa shape index (κ1) is 18.8. The Morgan fingerprint density at radius 3 is 2.68 bits per heavy atom. The van der Waals surface area contributed by atoms with Crippen molar-refractivity contribution in [2.75, 3.05) is 13.1 Å². The summed E-state index contributed by atoms with van der Waals surface area (Å²) in [6.07, 6.45) is 5.78. The number of piperidine rings is 1. The molecule has 2 rings (SSSR count). The third kappa shape index (κ3) is 5.81.